The fourth-order valence-electron chi connectivity index (χ4n) is 1.80. The molecule has 0 radical (unpaired) electrons. The van der Waals surface area contributed by atoms with Crippen molar-refractivity contribution in [1.29, 1.82) is 0 Å². The lowest BCUT2D eigenvalue weighted by Crippen LogP contribution is -2.13. The Hall–Kier alpha value is -1.19. The van der Waals surface area contributed by atoms with Gasteiger partial charge in [-0.1, -0.05) is 56.6 Å². The Bertz CT molecular complexity index is 591. The molecule has 1 heterocycles. The van der Waals surface area contributed by atoms with E-state index in [4.69, 9.17) is 11.6 Å². The van der Waals surface area contributed by atoms with Crippen molar-refractivity contribution in [2.75, 3.05) is 0 Å². The van der Waals surface area contributed by atoms with Crippen molar-refractivity contribution in [2.24, 2.45) is 5.18 Å². The highest BCUT2D eigenvalue weighted by molar-refractivity contribution is 7.15. The van der Waals surface area contributed by atoms with Crippen molar-refractivity contribution in [3.8, 4) is 10.4 Å². The summed E-state index contributed by atoms with van der Waals surface area (Å²) in [7, 11) is 0. The second kappa shape index (κ2) is 9.75. The molecule has 2 rings (SSSR count). The Morgan fingerprint density at radius 2 is 1.64 bits per heavy atom. The molecule has 0 spiro atoms. The first kappa shape index (κ1) is 20.8. The van der Waals surface area contributed by atoms with E-state index in [1.54, 1.807) is 25.2 Å². The topological polar surface area (TPSA) is 29.4 Å². The molecule has 2 aromatic rings. The number of halogens is 1. The molecule has 1 aromatic carbocycles. The van der Waals surface area contributed by atoms with Crippen LogP contribution in [0.4, 0.5) is 0 Å². The Kier molecular flexibility index (Phi) is 9.22. The van der Waals surface area contributed by atoms with E-state index < -0.39 is 5.54 Å². The smallest absolute Gasteiger partial charge is 0.123 e. The fraction of sp³-hybridized carbons (Fsp3) is 0.444. The highest BCUT2D eigenvalue weighted by Crippen LogP contribution is 2.35. The van der Waals surface area contributed by atoms with Crippen molar-refractivity contribution >= 4 is 22.9 Å². The van der Waals surface area contributed by atoms with Crippen LogP contribution in [0.3, 0.4) is 0 Å². The van der Waals surface area contributed by atoms with E-state index in [1.807, 2.05) is 45.9 Å². The van der Waals surface area contributed by atoms with E-state index in [1.165, 1.54) is 9.75 Å². The lowest BCUT2D eigenvalue weighted by Gasteiger charge is -2.17. The summed E-state index contributed by atoms with van der Waals surface area (Å²) in [4.78, 5) is 13.3. The highest BCUT2D eigenvalue weighted by atomic mass is 35.5. The molecular weight excluding hydrogens is 314 g/mol. The molecule has 4 heteroatoms. The molecule has 2 nitrogen and oxygen atoms in total. The predicted molar refractivity (Wildman–Crippen MR) is 101 cm³/mol. The molecule has 0 atom stereocenters. The van der Waals surface area contributed by atoms with Gasteiger partial charge in [0.05, 0.1) is 0 Å². The van der Waals surface area contributed by atoms with Crippen LogP contribution in [-0.2, 0) is 5.54 Å². The average Bonchev–Trinajstić information content (AvgIpc) is 2.97. The summed E-state index contributed by atoms with van der Waals surface area (Å²) in [6, 6.07) is 9.93. The summed E-state index contributed by atoms with van der Waals surface area (Å²) in [6.07, 6.45) is 0. The maximum absolute atomic E-state index is 10.8. The molecule has 0 aliphatic rings. The zero-order valence-corrected chi connectivity index (χ0v) is 16.1. The minimum atomic E-state index is -0.791. The SMILES string of the molecule is CC.CC.Cc1ccc(-c2ccc(C(C)(C)N=O)c(Cl)c2)s1. The van der Waals surface area contributed by atoms with E-state index >= 15 is 0 Å². The summed E-state index contributed by atoms with van der Waals surface area (Å²) in [5, 5.41) is 3.71. The predicted octanol–water partition coefficient (Wildman–Crippen LogP) is 7.43. The van der Waals surface area contributed by atoms with Gasteiger partial charge in [0.25, 0.3) is 0 Å². The normalized spacial score (nSPS) is 10.0. The third kappa shape index (κ3) is 5.22. The van der Waals surface area contributed by atoms with Gasteiger partial charge in [0, 0.05) is 20.3 Å². The van der Waals surface area contributed by atoms with Crippen LogP contribution in [-0.4, -0.2) is 0 Å². The first-order valence-corrected chi connectivity index (χ1v) is 8.85. The quantitative estimate of drug-likeness (QED) is 0.534. The lowest BCUT2D eigenvalue weighted by molar-refractivity contribution is 0.553. The summed E-state index contributed by atoms with van der Waals surface area (Å²) < 4.78 is 0. The molecule has 0 aliphatic heterocycles. The standard InChI is InChI=1S/C14H14ClNOS.2C2H6/c1-9-4-7-13(18-9)10-5-6-11(12(15)8-10)14(2,3)16-17;2*1-2/h4-8H,1-3H3;2*1-2H3. The van der Waals surface area contributed by atoms with E-state index in [-0.39, 0.29) is 0 Å². The number of hydrogen-bond acceptors (Lipinski definition) is 3. The van der Waals surface area contributed by atoms with Crippen LogP contribution in [0.15, 0.2) is 35.5 Å². The van der Waals surface area contributed by atoms with Gasteiger partial charge in [-0.25, -0.2) is 0 Å². The zero-order valence-electron chi connectivity index (χ0n) is 14.5. The maximum atomic E-state index is 10.8. The van der Waals surface area contributed by atoms with Crippen LogP contribution in [0.5, 0.6) is 0 Å². The van der Waals surface area contributed by atoms with Gasteiger partial charge in [-0.3, -0.25) is 0 Å². The molecule has 22 heavy (non-hydrogen) atoms. The Balaban J connectivity index is 0.00000102. The van der Waals surface area contributed by atoms with Gasteiger partial charge >= 0.3 is 0 Å². The molecule has 0 bridgehead atoms. The van der Waals surface area contributed by atoms with Crippen LogP contribution >= 0.6 is 22.9 Å². The Morgan fingerprint density at radius 3 is 2.05 bits per heavy atom. The molecular formula is C18H26ClNOS. The minimum absolute atomic E-state index is 0.586. The second-order valence-electron chi connectivity index (χ2n) is 4.76. The van der Waals surface area contributed by atoms with Gasteiger partial charge < -0.3 is 0 Å². The minimum Gasteiger partial charge on any atom is -0.150 e. The van der Waals surface area contributed by atoms with E-state index in [9.17, 15) is 4.91 Å². The molecule has 0 fully saturated rings. The molecule has 0 saturated heterocycles. The van der Waals surface area contributed by atoms with Crippen molar-refractivity contribution in [2.45, 2.75) is 54.0 Å². The molecule has 1 aromatic heterocycles. The zero-order chi connectivity index (χ0) is 17.3. The number of thiophene rings is 1. The van der Waals surface area contributed by atoms with Gasteiger partial charge in [0.15, 0.2) is 0 Å². The van der Waals surface area contributed by atoms with Gasteiger partial charge in [0.1, 0.15) is 5.54 Å². The van der Waals surface area contributed by atoms with Crippen LogP contribution in [0.1, 0.15) is 52.0 Å². The number of benzene rings is 1. The summed E-state index contributed by atoms with van der Waals surface area (Å²) in [5.74, 6) is 0. The third-order valence-electron chi connectivity index (χ3n) is 2.88. The summed E-state index contributed by atoms with van der Waals surface area (Å²) in [5.41, 5.74) is 1.04. The molecule has 0 saturated carbocycles. The highest BCUT2D eigenvalue weighted by Gasteiger charge is 2.24. The first-order valence-electron chi connectivity index (χ1n) is 7.65. The Labute approximate surface area is 143 Å². The number of hydrogen-bond donors (Lipinski definition) is 0. The van der Waals surface area contributed by atoms with E-state index in [0.29, 0.717) is 5.02 Å². The average molecular weight is 340 g/mol. The molecule has 0 unspecified atom stereocenters. The first-order chi connectivity index (χ1) is 10.4. The number of rotatable bonds is 3. The second-order valence-corrected chi connectivity index (χ2v) is 6.45. The van der Waals surface area contributed by atoms with Crippen molar-refractivity contribution < 1.29 is 0 Å². The van der Waals surface area contributed by atoms with Crippen molar-refractivity contribution in [3.05, 3.63) is 50.7 Å². The molecule has 0 amide bonds. The molecule has 122 valence electrons. The van der Waals surface area contributed by atoms with Crippen LogP contribution < -0.4 is 0 Å². The van der Waals surface area contributed by atoms with Crippen molar-refractivity contribution in [3.63, 3.8) is 0 Å². The van der Waals surface area contributed by atoms with Gasteiger partial charge in [-0.05, 0) is 44.5 Å². The summed E-state index contributed by atoms with van der Waals surface area (Å²) in [6.45, 7) is 13.6. The Morgan fingerprint density at radius 1 is 1.05 bits per heavy atom. The molecule has 0 aliphatic carbocycles. The van der Waals surface area contributed by atoms with E-state index in [2.05, 4.69) is 24.2 Å². The lowest BCUT2D eigenvalue weighted by atomic mass is 9.94. The maximum Gasteiger partial charge on any atom is 0.123 e. The largest absolute Gasteiger partial charge is 0.150 e. The van der Waals surface area contributed by atoms with Gasteiger partial charge in [-0.15, -0.1) is 16.2 Å². The third-order valence-corrected chi connectivity index (χ3v) is 4.24. The van der Waals surface area contributed by atoms with Gasteiger partial charge in [0.2, 0.25) is 0 Å². The monoisotopic (exact) mass is 339 g/mol. The molecule has 0 N–H and O–H groups in total. The van der Waals surface area contributed by atoms with E-state index in [0.717, 1.165) is 11.1 Å². The fourth-order valence-corrected chi connectivity index (χ4v) is 3.08. The van der Waals surface area contributed by atoms with Gasteiger partial charge in [-0.2, -0.15) is 0 Å². The number of nitroso groups, excluding NO2 is 1. The number of aryl methyl sites for hydroxylation is 1. The van der Waals surface area contributed by atoms with Crippen molar-refractivity contribution in [1.82, 2.24) is 0 Å². The van der Waals surface area contributed by atoms with Crippen LogP contribution in [0.25, 0.3) is 10.4 Å². The summed E-state index contributed by atoms with van der Waals surface area (Å²) >= 11 is 7.98. The van der Waals surface area contributed by atoms with Crippen LogP contribution in [0.2, 0.25) is 5.02 Å². The van der Waals surface area contributed by atoms with Crippen LogP contribution in [0, 0.1) is 11.8 Å². The number of nitrogens with zero attached hydrogens (tertiary/aromatic N) is 1.